The zero-order chi connectivity index (χ0) is 17.1. The fourth-order valence-electron chi connectivity index (χ4n) is 2.93. The summed E-state index contributed by atoms with van der Waals surface area (Å²) in [5.41, 5.74) is 0.252. The molecule has 1 saturated heterocycles. The lowest BCUT2D eigenvalue weighted by molar-refractivity contribution is 0.0714. The number of pyridine rings is 1. The van der Waals surface area contributed by atoms with Crippen molar-refractivity contribution in [2.24, 2.45) is 0 Å². The Labute approximate surface area is 146 Å². The van der Waals surface area contributed by atoms with Gasteiger partial charge in [-0.3, -0.25) is 9.48 Å². The second-order valence-corrected chi connectivity index (χ2v) is 6.58. The molecular weight excluding hydrogens is 328 g/mol. The van der Waals surface area contributed by atoms with Crippen molar-refractivity contribution in [2.45, 2.75) is 45.4 Å². The second-order valence-electron chi connectivity index (χ2n) is 6.17. The van der Waals surface area contributed by atoms with Gasteiger partial charge in [-0.2, -0.15) is 5.10 Å². The molecule has 3 rings (SSSR count). The Bertz CT molecular complexity index is 703. The highest BCUT2D eigenvalue weighted by atomic mass is 35.5. The molecule has 6 nitrogen and oxygen atoms in total. The lowest BCUT2D eigenvalue weighted by atomic mass is 10.2. The molecule has 2 aromatic heterocycles. The van der Waals surface area contributed by atoms with Gasteiger partial charge in [-0.05, 0) is 38.8 Å². The molecule has 2 aromatic rings. The Morgan fingerprint density at radius 3 is 3.00 bits per heavy atom. The smallest absolute Gasteiger partial charge is 0.274 e. The van der Waals surface area contributed by atoms with Crippen molar-refractivity contribution in [1.29, 1.82) is 0 Å². The summed E-state index contributed by atoms with van der Waals surface area (Å²) in [6.45, 7) is 5.22. The number of nitrogens with zero attached hydrogens (tertiary/aromatic N) is 4. The fraction of sp³-hybridized carbons (Fsp3) is 0.471. The van der Waals surface area contributed by atoms with E-state index in [2.05, 4.69) is 10.1 Å². The summed E-state index contributed by atoms with van der Waals surface area (Å²) in [6.07, 6.45) is 5.55. The predicted octanol–water partition coefficient (Wildman–Crippen LogP) is 3.02. The molecule has 0 aromatic carbocycles. The van der Waals surface area contributed by atoms with E-state index >= 15 is 0 Å². The van der Waals surface area contributed by atoms with Crippen molar-refractivity contribution in [2.75, 3.05) is 6.54 Å². The van der Waals surface area contributed by atoms with Crippen molar-refractivity contribution < 1.29 is 9.53 Å². The molecule has 0 radical (unpaired) electrons. The van der Waals surface area contributed by atoms with Gasteiger partial charge in [0.15, 0.2) is 5.69 Å². The van der Waals surface area contributed by atoms with Crippen LogP contribution in [0.5, 0.6) is 5.88 Å². The lowest BCUT2D eigenvalue weighted by Crippen LogP contribution is -2.38. The van der Waals surface area contributed by atoms with Crippen LogP contribution in [0.15, 0.2) is 30.6 Å². The van der Waals surface area contributed by atoms with E-state index in [0.717, 1.165) is 12.8 Å². The Hall–Kier alpha value is -2.08. The van der Waals surface area contributed by atoms with Crippen LogP contribution < -0.4 is 4.74 Å². The minimum absolute atomic E-state index is 0.0130. The minimum Gasteiger partial charge on any atom is -0.475 e. The predicted molar refractivity (Wildman–Crippen MR) is 91.3 cm³/mol. The molecular formula is C17H21ClN4O2. The van der Waals surface area contributed by atoms with Crippen LogP contribution in [-0.2, 0) is 6.54 Å². The number of carbonyl (C=O) groups is 1. The number of carbonyl (C=O) groups excluding carboxylic acids is 1. The molecule has 0 N–H and O–H groups in total. The van der Waals surface area contributed by atoms with Gasteiger partial charge in [0.25, 0.3) is 5.91 Å². The summed E-state index contributed by atoms with van der Waals surface area (Å²) in [6, 6.07) is 5.33. The quantitative estimate of drug-likeness (QED) is 0.833. The topological polar surface area (TPSA) is 60.2 Å². The van der Waals surface area contributed by atoms with Gasteiger partial charge in [-0.25, -0.2) is 4.98 Å². The largest absolute Gasteiger partial charge is 0.475 e. The molecule has 0 saturated carbocycles. The third-order valence-electron chi connectivity index (χ3n) is 3.97. The van der Waals surface area contributed by atoms with Crippen LogP contribution in [0.1, 0.15) is 37.2 Å². The Balaban J connectivity index is 1.79. The third-order valence-corrected chi connectivity index (χ3v) is 4.28. The monoisotopic (exact) mass is 348 g/mol. The van der Waals surface area contributed by atoms with E-state index in [0.29, 0.717) is 24.0 Å². The first-order valence-electron chi connectivity index (χ1n) is 8.16. The molecule has 7 heteroatoms. The average Bonchev–Trinajstić information content (AvgIpc) is 3.20. The molecule has 1 atom stereocenters. The number of aromatic nitrogens is 3. The molecule has 1 aliphatic rings. The van der Waals surface area contributed by atoms with Crippen molar-refractivity contribution in [3.8, 4) is 5.88 Å². The maximum Gasteiger partial charge on any atom is 0.274 e. The van der Waals surface area contributed by atoms with E-state index in [1.165, 1.54) is 0 Å². The van der Waals surface area contributed by atoms with Crippen LogP contribution in [0.25, 0.3) is 0 Å². The maximum atomic E-state index is 12.9. The lowest BCUT2D eigenvalue weighted by Gasteiger charge is -2.25. The molecule has 0 aliphatic carbocycles. The number of rotatable bonds is 5. The minimum atomic E-state index is -0.149. The van der Waals surface area contributed by atoms with Gasteiger partial charge < -0.3 is 9.64 Å². The zero-order valence-corrected chi connectivity index (χ0v) is 14.6. The number of halogens is 1. The fourth-order valence-corrected chi connectivity index (χ4v) is 3.12. The van der Waals surface area contributed by atoms with Crippen molar-refractivity contribution in [1.82, 2.24) is 19.7 Å². The summed E-state index contributed by atoms with van der Waals surface area (Å²) >= 11 is 6.21. The van der Waals surface area contributed by atoms with Crippen LogP contribution >= 0.6 is 11.6 Å². The Kier molecular flexibility index (Phi) is 5.04. The molecule has 0 unspecified atom stereocenters. The van der Waals surface area contributed by atoms with Crippen molar-refractivity contribution in [3.63, 3.8) is 0 Å². The summed E-state index contributed by atoms with van der Waals surface area (Å²) in [7, 11) is 0. The second kappa shape index (κ2) is 7.21. The summed E-state index contributed by atoms with van der Waals surface area (Å²) in [5, 5.41) is 4.58. The van der Waals surface area contributed by atoms with Crippen molar-refractivity contribution >= 4 is 17.5 Å². The molecule has 1 amide bonds. The number of likely N-dealkylation sites (tertiary alicyclic amines) is 1. The average molecular weight is 349 g/mol. The SMILES string of the molecule is CC(C)Oc1ccc(Cl)c(C(=O)N2CCC[C@@H]2Cn2cccn2)n1. The first kappa shape index (κ1) is 16.8. The van der Waals surface area contributed by atoms with E-state index in [9.17, 15) is 4.79 Å². The van der Waals surface area contributed by atoms with Gasteiger partial charge in [-0.15, -0.1) is 0 Å². The van der Waals surface area contributed by atoms with Gasteiger partial charge >= 0.3 is 0 Å². The number of ether oxygens (including phenoxy) is 1. The van der Waals surface area contributed by atoms with E-state index in [1.54, 1.807) is 18.3 Å². The van der Waals surface area contributed by atoms with Gasteiger partial charge in [0, 0.05) is 25.0 Å². The molecule has 0 bridgehead atoms. The van der Waals surface area contributed by atoms with Gasteiger partial charge in [-0.1, -0.05) is 11.6 Å². The highest BCUT2D eigenvalue weighted by Crippen LogP contribution is 2.25. The van der Waals surface area contributed by atoms with Crippen LogP contribution in [0.4, 0.5) is 0 Å². The highest BCUT2D eigenvalue weighted by molar-refractivity contribution is 6.33. The van der Waals surface area contributed by atoms with Crippen LogP contribution in [0, 0.1) is 0 Å². The highest BCUT2D eigenvalue weighted by Gasteiger charge is 2.31. The van der Waals surface area contributed by atoms with Gasteiger partial charge in [0.1, 0.15) is 0 Å². The van der Waals surface area contributed by atoms with Crippen LogP contribution in [0.3, 0.4) is 0 Å². The van der Waals surface area contributed by atoms with Gasteiger partial charge in [0.05, 0.1) is 23.7 Å². The summed E-state index contributed by atoms with van der Waals surface area (Å²) < 4.78 is 7.43. The molecule has 128 valence electrons. The van der Waals surface area contributed by atoms with E-state index in [1.807, 2.05) is 35.7 Å². The van der Waals surface area contributed by atoms with Gasteiger partial charge in [0.2, 0.25) is 5.88 Å². The number of hydrogen-bond donors (Lipinski definition) is 0. The van der Waals surface area contributed by atoms with E-state index < -0.39 is 0 Å². The van der Waals surface area contributed by atoms with Crippen LogP contribution in [-0.4, -0.2) is 44.3 Å². The Morgan fingerprint density at radius 1 is 1.46 bits per heavy atom. The summed E-state index contributed by atoms with van der Waals surface area (Å²) in [4.78, 5) is 19.1. The normalized spacial score (nSPS) is 17.5. The molecule has 24 heavy (non-hydrogen) atoms. The van der Waals surface area contributed by atoms with E-state index in [-0.39, 0.29) is 23.7 Å². The molecule has 3 heterocycles. The standard InChI is InChI=1S/C17H21ClN4O2/c1-12(2)24-15-7-6-14(18)16(20-15)17(23)22-10-3-5-13(22)11-21-9-4-8-19-21/h4,6-9,12-13H,3,5,10-11H2,1-2H3/t13-/m1/s1. The Morgan fingerprint density at radius 2 is 2.29 bits per heavy atom. The van der Waals surface area contributed by atoms with Crippen LogP contribution in [0.2, 0.25) is 5.02 Å². The first-order valence-corrected chi connectivity index (χ1v) is 8.54. The first-order chi connectivity index (χ1) is 11.5. The third kappa shape index (κ3) is 3.70. The summed E-state index contributed by atoms with van der Waals surface area (Å²) in [5.74, 6) is 0.268. The zero-order valence-electron chi connectivity index (χ0n) is 13.9. The maximum absolute atomic E-state index is 12.9. The molecule has 0 spiro atoms. The van der Waals surface area contributed by atoms with Crippen molar-refractivity contribution in [3.05, 3.63) is 41.3 Å². The number of amides is 1. The number of hydrogen-bond acceptors (Lipinski definition) is 4. The molecule has 1 aliphatic heterocycles. The van der Waals surface area contributed by atoms with E-state index in [4.69, 9.17) is 16.3 Å². The molecule has 1 fully saturated rings.